The van der Waals surface area contributed by atoms with E-state index in [1.54, 1.807) is 0 Å². The van der Waals surface area contributed by atoms with E-state index in [-0.39, 0.29) is 5.78 Å². The molecule has 0 saturated heterocycles. The highest BCUT2D eigenvalue weighted by molar-refractivity contribution is 5.97. The first kappa shape index (κ1) is 13.9. The monoisotopic (exact) mass is 234 g/mol. The van der Waals surface area contributed by atoms with Crippen LogP contribution in [-0.4, -0.2) is 44.4 Å². The second kappa shape index (κ2) is 7.20. The fourth-order valence-corrected chi connectivity index (χ4v) is 1.64. The lowest BCUT2D eigenvalue weighted by Gasteiger charge is -2.15. The van der Waals surface area contributed by atoms with Crippen molar-refractivity contribution < 1.29 is 4.79 Å². The fourth-order valence-electron chi connectivity index (χ4n) is 1.64. The van der Waals surface area contributed by atoms with Crippen LogP contribution >= 0.6 is 0 Å². The van der Waals surface area contributed by atoms with E-state index < -0.39 is 0 Å². The standard InChI is InChI=1S/C14H22N2O/c1-4-12-5-7-13(8-6-12)14(17)11-16(3)10-9-15-2/h5-8,15H,4,9-11H2,1-3H3. The van der Waals surface area contributed by atoms with Crippen molar-refractivity contribution in [3.05, 3.63) is 35.4 Å². The number of likely N-dealkylation sites (N-methyl/N-ethyl adjacent to an activating group) is 2. The molecule has 0 radical (unpaired) electrons. The van der Waals surface area contributed by atoms with Crippen molar-refractivity contribution in [3.63, 3.8) is 0 Å². The minimum Gasteiger partial charge on any atom is -0.318 e. The van der Waals surface area contributed by atoms with Crippen molar-refractivity contribution in [2.24, 2.45) is 0 Å². The van der Waals surface area contributed by atoms with Crippen molar-refractivity contribution in [3.8, 4) is 0 Å². The van der Waals surface area contributed by atoms with E-state index in [0.29, 0.717) is 6.54 Å². The Balaban J connectivity index is 2.51. The van der Waals surface area contributed by atoms with Crippen LogP contribution in [0.4, 0.5) is 0 Å². The normalized spacial score (nSPS) is 10.8. The zero-order valence-electron chi connectivity index (χ0n) is 11.0. The summed E-state index contributed by atoms with van der Waals surface area (Å²) in [6.07, 6.45) is 1.01. The molecule has 0 heterocycles. The number of aryl methyl sites for hydroxylation is 1. The van der Waals surface area contributed by atoms with Crippen molar-refractivity contribution >= 4 is 5.78 Å². The Morgan fingerprint density at radius 2 is 1.94 bits per heavy atom. The average Bonchev–Trinajstić information content (AvgIpc) is 2.36. The second-order valence-corrected chi connectivity index (χ2v) is 4.31. The highest BCUT2D eigenvalue weighted by Crippen LogP contribution is 2.06. The van der Waals surface area contributed by atoms with Crippen molar-refractivity contribution in [2.75, 3.05) is 33.7 Å². The van der Waals surface area contributed by atoms with Crippen molar-refractivity contribution in [1.29, 1.82) is 0 Å². The van der Waals surface area contributed by atoms with Gasteiger partial charge in [-0.3, -0.25) is 9.69 Å². The molecule has 0 fully saturated rings. The molecule has 3 nitrogen and oxygen atoms in total. The third kappa shape index (κ3) is 4.67. The smallest absolute Gasteiger partial charge is 0.176 e. The van der Waals surface area contributed by atoms with Crippen LogP contribution < -0.4 is 5.32 Å². The Hall–Kier alpha value is -1.19. The molecular weight excluding hydrogens is 212 g/mol. The van der Waals surface area contributed by atoms with E-state index in [1.807, 2.05) is 43.3 Å². The zero-order chi connectivity index (χ0) is 12.7. The third-order valence-electron chi connectivity index (χ3n) is 2.84. The zero-order valence-corrected chi connectivity index (χ0v) is 11.0. The summed E-state index contributed by atoms with van der Waals surface area (Å²) in [7, 11) is 3.88. The first-order valence-electron chi connectivity index (χ1n) is 6.12. The van der Waals surface area contributed by atoms with Gasteiger partial charge in [-0.1, -0.05) is 31.2 Å². The maximum absolute atomic E-state index is 12.0. The first-order chi connectivity index (χ1) is 8.17. The quantitative estimate of drug-likeness (QED) is 0.727. The first-order valence-corrected chi connectivity index (χ1v) is 6.12. The third-order valence-corrected chi connectivity index (χ3v) is 2.84. The summed E-state index contributed by atoms with van der Waals surface area (Å²) in [4.78, 5) is 14.0. The molecule has 0 saturated carbocycles. The molecule has 1 rings (SSSR count). The van der Waals surface area contributed by atoms with Crippen LogP contribution in [0.3, 0.4) is 0 Å². The predicted octanol–water partition coefficient (Wildman–Crippen LogP) is 1.58. The van der Waals surface area contributed by atoms with Gasteiger partial charge in [-0.05, 0) is 26.1 Å². The van der Waals surface area contributed by atoms with Gasteiger partial charge in [0.05, 0.1) is 6.54 Å². The molecular formula is C14H22N2O. The van der Waals surface area contributed by atoms with Gasteiger partial charge < -0.3 is 5.32 Å². The van der Waals surface area contributed by atoms with Crippen LogP contribution in [0.25, 0.3) is 0 Å². The Morgan fingerprint density at radius 1 is 1.29 bits per heavy atom. The van der Waals surface area contributed by atoms with Crippen molar-refractivity contribution in [1.82, 2.24) is 10.2 Å². The molecule has 17 heavy (non-hydrogen) atoms. The topological polar surface area (TPSA) is 32.3 Å². The van der Waals surface area contributed by atoms with Gasteiger partial charge in [-0.2, -0.15) is 0 Å². The number of hydrogen-bond donors (Lipinski definition) is 1. The van der Waals surface area contributed by atoms with Crippen molar-refractivity contribution in [2.45, 2.75) is 13.3 Å². The van der Waals surface area contributed by atoms with E-state index in [0.717, 1.165) is 25.1 Å². The number of benzene rings is 1. The Labute approximate surface area is 104 Å². The second-order valence-electron chi connectivity index (χ2n) is 4.31. The number of nitrogens with one attached hydrogen (secondary N) is 1. The number of carbonyl (C=O) groups is 1. The molecule has 1 aromatic rings. The van der Waals surface area contributed by atoms with Crippen LogP contribution in [0.2, 0.25) is 0 Å². The van der Waals surface area contributed by atoms with E-state index in [9.17, 15) is 4.79 Å². The summed E-state index contributed by atoms with van der Waals surface area (Å²) < 4.78 is 0. The van der Waals surface area contributed by atoms with Gasteiger partial charge in [-0.15, -0.1) is 0 Å². The molecule has 1 aromatic carbocycles. The van der Waals surface area contributed by atoms with Crippen LogP contribution in [0, 0.1) is 0 Å². The molecule has 94 valence electrons. The summed E-state index contributed by atoms with van der Waals surface area (Å²) in [5.41, 5.74) is 2.07. The van der Waals surface area contributed by atoms with Gasteiger partial charge in [0.25, 0.3) is 0 Å². The molecule has 0 amide bonds. The lowest BCUT2D eigenvalue weighted by atomic mass is 10.1. The molecule has 0 unspecified atom stereocenters. The maximum atomic E-state index is 12.0. The fraction of sp³-hybridized carbons (Fsp3) is 0.500. The van der Waals surface area contributed by atoms with Gasteiger partial charge >= 0.3 is 0 Å². The number of carbonyl (C=O) groups excluding carboxylic acids is 1. The van der Waals surface area contributed by atoms with E-state index in [1.165, 1.54) is 5.56 Å². The average molecular weight is 234 g/mol. The van der Waals surface area contributed by atoms with Gasteiger partial charge in [-0.25, -0.2) is 0 Å². The highest BCUT2D eigenvalue weighted by atomic mass is 16.1. The highest BCUT2D eigenvalue weighted by Gasteiger charge is 2.08. The number of Topliss-reactive ketones (excluding diaryl/α,β-unsaturated/α-hetero) is 1. The molecule has 0 aliphatic carbocycles. The summed E-state index contributed by atoms with van der Waals surface area (Å²) >= 11 is 0. The van der Waals surface area contributed by atoms with Gasteiger partial charge in [0, 0.05) is 18.7 Å². The largest absolute Gasteiger partial charge is 0.318 e. The number of hydrogen-bond acceptors (Lipinski definition) is 3. The van der Waals surface area contributed by atoms with E-state index in [2.05, 4.69) is 12.2 Å². The molecule has 0 aliphatic heterocycles. The Bertz CT molecular complexity index is 346. The molecule has 0 aromatic heterocycles. The van der Waals surface area contributed by atoms with Crippen LogP contribution in [0.5, 0.6) is 0 Å². The molecule has 1 N–H and O–H groups in total. The Morgan fingerprint density at radius 3 is 2.47 bits per heavy atom. The molecule has 0 atom stereocenters. The van der Waals surface area contributed by atoms with Gasteiger partial charge in [0.2, 0.25) is 0 Å². The minimum absolute atomic E-state index is 0.186. The van der Waals surface area contributed by atoms with Crippen LogP contribution in [0.1, 0.15) is 22.8 Å². The van der Waals surface area contributed by atoms with E-state index >= 15 is 0 Å². The summed E-state index contributed by atoms with van der Waals surface area (Å²) in [5.74, 6) is 0.186. The lowest BCUT2D eigenvalue weighted by Crippen LogP contribution is -2.31. The van der Waals surface area contributed by atoms with Crippen LogP contribution in [0.15, 0.2) is 24.3 Å². The van der Waals surface area contributed by atoms with E-state index in [4.69, 9.17) is 0 Å². The summed E-state index contributed by atoms with van der Waals surface area (Å²) in [6.45, 7) is 4.38. The predicted molar refractivity (Wildman–Crippen MR) is 71.6 cm³/mol. The summed E-state index contributed by atoms with van der Waals surface area (Å²) in [6, 6.07) is 7.90. The van der Waals surface area contributed by atoms with Crippen LogP contribution in [-0.2, 0) is 6.42 Å². The minimum atomic E-state index is 0.186. The Kier molecular flexibility index (Phi) is 5.87. The number of nitrogens with zero attached hydrogens (tertiary/aromatic N) is 1. The number of ketones is 1. The summed E-state index contributed by atoms with van der Waals surface area (Å²) in [5, 5.41) is 3.07. The maximum Gasteiger partial charge on any atom is 0.176 e. The molecule has 3 heteroatoms. The van der Waals surface area contributed by atoms with Gasteiger partial charge in [0.1, 0.15) is 0 Å². The molecule has 0 aliphatic rings. The molecule has 0 spiro atoms. The number of rotatable bonds is 7. The SMILES string of the molecule is CCc1ccc(C(=O)CN(C)CCNC)cc1. The van der Waals surface area contributed by atoms with Gasteiger partial charge in [0.15, 0.2) is 5.78 Å². The lowest BCUT2D eigenvalue weighted by molar-refractivity contribution is 0.0947. The molecule has 0 bridgehead atoms.